The molecule has 1 fully saturated rings. The molecule has 2 rings (SSSR count). The number of benzene rings is 1. The zero-order chi connectivity index (χ0) is 15.5. The summed E-state index contributed by atoms with van der Waals surface area (Å²) in [6.45, 7) is 4.15. The van der Waals surface area contributed by atoms with Gasteiger partial charge in [0.25, 0.3) is 0 Å². The molecule has 1 atom stereocenters. The predicted molar refractivity (Wildman–Crippen MR) is 90.6 cm³/mol. The summed E-state index contributed by atoms with van der Waals surface area (Å²) in [6, 6.07) is 8.41. The van der Waals surface area contributed by atoms with Gasteiger partial charge in [-0.1, -0.05) is 22.0 Å². The van der Waals surface area contributed by atoms with Gasteiger partial charge in [-0.05, 0) is 50.8 Å². The summed E-state index contributed by atoms with van der Waals surface area (Å²) in [5, 5.41) is 3.48. The first-order valence-corrected chi connectivity index (χ1v) is 9.00. The summed E-state index contributed by atoms with van der Waals surface area (Å²) < 4.78 is 6.16. The molecule has 1 aliphatic rings. The maximum Gasteiger partial charge on any atom is 0.327 e. The van der Waals surface area contributed by atoms with E-state index in [-0.39, 0.29) is 12.0 Å². The van der Waals surface area contributed by atoms with E-state index in [1.165, 1.54) is 7.11 Å². The normalized spacial score (nSPS) is 17.6. The number of ether oxygens (including phenoxy) is 1. The molecule has 0 saturated heterocycles. The van der Waals surface area contributed by atoms with Gasteiger partial charge >= 0.3 is 5.97 Å². The fourth-order valence-electron chi connectivity index (χ4n) is 2.59. The molecule has 1 aliphatic carbocycles. The van der Waals surface area contributed by atoms with Crippen molar-refractivity contribution in [3.05, 3.63) is 28.7 Å². The highest BCUT2D eigenvalue weighted by Crippen LogP contribution is 2.43. The second-order valence-electron chi connectivity index (χ2n) is 5.78. The number of carbonyl (C=O) groups excluding carboxylic acids is 1. The fraction of sp³-hybridized carbons (Fsp3) is 0.562. The fourth-order valence-corrected chi connectivity index (χ4v) is 4.36. The third-order valence-corrected chi connectivity index (χ3v) is 5.31. The third kappa shape index (κ3) is 4.24. The lowest BCUT2D eigenvalue weighted by atomic mass is 9.94. The third-order valence-electron chi connectivity index (χ3n) is 3.63. The monoisotopic (exact) mass is 371 g/mol. The smallest absolute Gasteiger partial charge is 0.327 e. The van der Waals surface area contributed by atoms with Gasteiger partial charge in [0.05, 0.1) is 7.11 Å². The molecule has 0 radical (unpaired) electrons. The molecule has 1 saturated carbocycles. The maximum absolute atomic E-state index is 12.4. The summed E-state index contributed by atoms with van der Waals surface area (Å²) in [5.74, 6) is 0.937. The highest BCUT2D eigenvalue weighted by Gasteiger charge is 2.52. The lowest BCUT2D eigenvalue weighted by Crippen LogP contribution is -2.59. The molecule has 1 unspecified atom stereocenters. The number of thioether (sulfide) groups is 1. The molecule has 1 N–H and O–H groups in total. The van der Waals surface area contributed by atoms with E-state index in [1.54, 1.807) is 11.8 Å². The van der Waals surface area contributed by atoms with Crippen molar-refractivity contribution in [2.24, 2.45) is 5.92 Å². The Morgan fingerprint density at radius 3 is 2.76 bits per heavy atom. The van der Waals surface area contributed by atoms with Crippen LogP contribution in [0, 0.1) is 5.92 Å². The van der Waals surface area contributed by atoms with E-state index in [4.69, 9.17) is 4.74 Å². The zero-order valence-corrected chi connectivity index (χ0v) is 15.1. The molecule has 116 valence electrons. The number of halogens is 1. The SMILES string of the molecule is COC(=O)C(CSc1cccc(Br)c1)(NC(C)C)C1CC1. The van der Waals surface area contributed by atoms with Crippen LogP contribution in [0.3, 0.4) is 0 Å². The molecule has 0 spiro atoms. The van der Waals surface area contributed by atoms with Gasteiger partial charge in [0.15, 0.2) is 0 Å². The first-order valence-electron chi connectivity index (χ1n) is 7.22. The van der Waals surface area contributed by atoms with Crippen LogP contribution in [0.4, 0.5) is 0 Å². The highest BCUT2D eigenvalue weighted by atomic mass is 79.9. The van der Waals surface area contributed by atoms with Gasteiger partial charge in [0, 0.05) is 21.2 Å². The number of hydrogen-bond acceptors (Lipinski definition) is 4. The van der Waals surface area contributed by atoms with Gasteiger partial charge < -0.3 is 4.74 Å². The number of methoxy groups -OCH3 is 1. The lowest BCUT2D eigenvalue weighted by molar-refractivity contribution is -0.148. The van der Waals surface area contributed by atoms with Crippen molar-refractivity contribution in [3.63, 3.8) is 0 Å². The molecule has 3 nitrogen and oxygen atoms in total. The molecular formula is C16H22BrNO2S. The van der Waals surface area contributed by atoms with Crippen molar-refractivity contribution in [2.75, 3.05) is 12.9 Å². The number of hydrogen-bond donors (Lipinski definition) is 1. The number of rotatable bonds is 7. The minimum absolute atomic E-state index is 0.138. The Hall–Kier alpha value is -0.520. The minimum atomic E-state index is -0.574. The largest absolute Gasteiger partial charge is 0.468 e. The van der Waals surface area contributed by atoms with Gasteiger partial charge in [-0.15, -0.1) is 11.8 Å². The van der Waals surface area contributed by atoms with Crippen molar-refractivity contribution in [3.8, 4) is 0 Å². The predicted octanol–water partition coefficient (Wildman–Crippen LogP) is 3.86. The van der Waals surface area contributed by atoms with Crippen LogP contribution < -0.4 is 5.32 Å². The first-order chi connectivity index (χ1) is 9.98. The molecular weight excluding hydrogens is 350 g/mol. The van der Waals surface area contributed by atoms with Gasteiger partial charge in [0.1, 0.15) is 5.54 Å². The van der Waals surface area contributed by atoms with Crippen LogP contribution in [-0.2, 0) is 9.53 Å². The quantitative estimate of drug-likeness (QED) is 0.583. The Morgan fingerprint density at radius 2 is 2.24 bits per heavy atom. The molecule has 0 aliphatic heterocycles. The van der Waals surface area contributed by atoms with E-state index in [1.807, 2.05) is 12.1 Å². The van der Waals surface area contributed by atoms with Gasteiger partial charge in [-0.3, -0.25) is 10.1 Å². The molecule has 0 bridgehead atoms. The average molecular weight is 372 g/mol. The molecule has 1 aromatic carbocycles. The van der Waals surface area contributed by atoms with E-state index in [2.05, 4.69) is 47.2 Å². The van der Waals surface area contributed by atoms with Gasteiger partial charge in [-0.2, -0.15) is 0 Å². The minimum Gasteiger partial charge on any atom is -0.468 e. The second kappa shape index (κ2) is 7.16. The van der Waals surface area contributed by atoms with E-state index in [9.17, 15) is 4.79 Å². The average Bonchev–Trinajstić information content (AvgIpc) is 3.27. The van der Waals surface area contributed by atoms with E-state index >= 15 is 0 Å². The Labute approximate surface area is 139 Å². The molecule has 21 heavy (non-hydrogen) atoms. The summed E-state index contributed by atoms with van der Waals surface area (Å²) in [7, 11) is 1.48. The molecule has 5 heteroatoms. The van der Waals surface area contributed by atoms with Crippen LogP contribution in [0.25, 0.3) is 0 Å². The standard InChI is InChI=1S/C16H22BrNO2S/c1-11(2)18-16(12-7-8-12,15(19)20-3)10-21-14-6-4-5-13(17)9-14/h4-6,9,11-12,18H,7-8,10H2,1-3H3. The van der Waals surface area contributed by atoms with Crippen LogP contribution in [0.1, 0.15) is 26.7 Å². The van der Waals surface area contributed by atoms with Crippen LogP contribution in [0.15, 0.2) is 33.6 Å². The van der Waals surface area contributed by atoms with Crippen molar-refractivity contribution in [2.45, 2.75) is 43.2 Å². The Morgan fingerprint density at radius 1 is 1.52 bits per heavy atom. The number of esters is 1. The Bertz CT molecular complexity index is 505. The topological polar surface area (TPSA) is 38.3 Å². The molecule has 0 heterocycles. The van der Waals surface area contributed by atoms with Crippen LogP contribution in [0.5, 0.6) is 0 Å². The van der Waals surface area contributed by atoms with E-state index in [0.29, 0.717) is 11.7 Å². The number of carbonyl (C=O) groups is 1. The van der Waals surface area contributed by atoms with Crippen LogP contribution >= 0.6 is 27.7 Å². The van der Waals surface area contributed by atoms with Crippen LogP contribution in [0.2, 0.25) is 0 Å². The molecule has 1 aromatic rings. The highest BCUT2D eigenvalue weighted by molar-refractivity contribution is 9.10. The van der Waals surface area contributed by atoms with Crippen molar-refractivity contribution in [1.29, 1.82) is 0 Å². The Balaban J connectivity index is 2.16. The van der Waals surface area contributed by atoms with Crippen molar-refractivity contribution >= 4 is 33.7 Å². The molecule has 0 amide bonds. The van der Waals surface area contributed by atoms with E-state index < -0.39 is 5.54 Å². The maximum atomic E-state index is 12.4. The summed E-state index contributed by atoms with van der Waals surface area (Å²) in [4.78, 5) is 13.6. The second-order valence-corrected chi connectivity index (χ2v) is 7.75. The molecule has 0 aromatic heterocycles. The number of nitrogens with one attached hydrogen (secondary N) is 1. The first kappa shape index (κ1) is 16.8. The van der Waals surface area contributed by atoms with Gasteiger partial charge in [-0.25, -0.2) is 0 Å². The lowest BCUT2D eigenvalue weighted by Gasteiger charge is -2.34. The van der Waals surface area contributed by atoms with Crippen LogP contribution in [-0.4, -0.2) is 30.4 Å². The van der Waals surface area contributed by atoms with E-state index in [0.717, 1.165) is 22.2 Å². The summed E-state index contributed by atoms with van der Waals surface area (Å²) >= 11 is 5.19. The summed E-state index contributed by atoms with van der Waals surface area (Å²) in [5.41, 5.74) is -0.574. The zero-order valence-electron chi connectivity index (χ0n) is 12.7. The Kier molecular flexibility index (Phi) is 5.74. The van der Waals surface area contributed by atoms with Gasteiger partial charge in [0.2, 0.25) is 0 Å². The van der Waals surface area contributed by atoms with Crippen molar-refractivity contribution in [1.82, 2.24) is 5.32 Å². The summed E-state index contributed by atoms with van der Waals surface area (Å²) in [6.07, 6.45) is 2.18. The van der Waals surface area contributed by atoms with Crippen molar-refractivity contribution < 1.29 is 9.53 Å².